The molecule has 0 saturated heterocycles. The minimum atomic E-state index is -0.212. The van der Waals surface area contributed by atoms with Gasteiger partial charge in [-0.3, -0.25) is 9.59 Å². The maximum absolute atomic E-state index is 12.0. The van der Waals surface area contributed by atoms with Gasteiger partial charge in [-0.2, -0.15) is 0 Å². The molecule has 198 valence electrons. The lowest BCUT2D eigenvalue weighted by molar-refractivity contribution is 0.0990. The van der Waals surface area contributed by atoms with Crippen LogP contribution >= 0.6 is 0 Å². The van der Waals surface area contributed by atoms with Crippen molar-refractivity contribution in [2.24, 2.45) is 5.92 Å². The van der Waals surface area contributed by atoms with E-state index in [9.17, 15) is 24.9 Å². The minimum Gasteiger partial charge on any atom is -0.508 e. The van der Waals surface area contributed by atoms with Gasteiger partial charge in [-0.05, 0) is 55.5 Å². The first kappa shape index (κ1) is 26.6. The largest absolute Gasteiger partial charge is 0.508 e. The fourth-order valence-corrected chi connectivity index (χ4v) is 4.30. The summed E-state index contributed by atoms with van der Waals surface area (Å²) in [6, 6.07) is 14.2. The number of methoxy groups -OCH3 is 1. The number of rotatable bonds is 4. The number of hydrogen-bond acceptors (Lipinski definition) is 8. The monoisotopic (exact) mass is 518 g/mol. The molecule has 1 unspecified atom stereocenters. The van der Waals surface area contributed by atoms with Gasteiger partial charge in [0.1, 0.15) is 45.5 Å². The van der Waals surface area contributed by atoms with Gasteiger partial charge in [0.2, 0.25) is 0 Å². The first-order valence-electron chi connectivity index (χ1n) is 12.3. The third-order valence-corrected chi connectivity index (χ3v) is 6.40. The second kappa shape index (κ2) is 11.3. The smallest absolute Gasteiger partial charge is 0.196 e. The molecule has 2 heterocycles. The van der Waals surface area contributed by atoms with Crippen LogP contribution in [0.15, 0.2) is 63.8 Å². The van der Waals surface area contributed by atoms with Crippen molar-refractivity contribution in [3.8, 4) is 28.7 Å². The summed E-state index contributed by atoms with van der Waals surface area (Å²) in [5, 5.41) is 29.4. The fraction of sp³-hybridized carbons (Fsp3) is 0.267. The van der Waals surface area contributed by atoms with Gasteiger partial charge in [0.15, 0.2) is 11.2 Å². The predicted octanol–water partition coefficient (Wildman–Crippen LogP) is 5.30. The molecule has 4 aromatic rings. The van der Waals surface area contributed by atoms with Crippen LogP contribution in [0, 0.1) is 12.8 Å². The average Bonchev–Trinajstić information content (AvgIpc) is 3.06. The van der Waals surface area contributed by atoms with Gasteiger partial charge >= 0.3 is 0 Å². The Morgan fingerprint density at radius 3 is 2.47 bits per heavy atom. The van der Waals surface area contributed by atoms with Gasteiger partial charge in [0.05, 0.1) is 19.3 Å². The number of fused-ring (bicyclic) bond motifs is 2. The van der Waals surface area contributed by atoms with Gasteiger partial charge in [-0.1, -0.05) is 19.1 Å². The molecule has 3 N–H and O–H groups in total. The quantitative estimate of drug-likeness (QED) is 0.311. The van der Waals surface area contributed by atoms with E-state index in [-0.39, 0.29) is 45.8 Å². The standard InChI is InChI=1S/C15H16O4.C15H14O4/c1-8-3-4-10-12(18-7-8)6-13-14(15(10)17)11(16)5-9(2)19-13;1-19-12-5-2-10(3-6-12)8-14(17)13-7-4-11(16)9-15(13)18/h5-6,8,17H,3-4,7H2,1-2H3;2-7,9,16,18H,8H2,1H3. The number of carbonyl (C=O) groups excluding carboxylic acids is 1. The summed E-state index contributed by atoms with van der Waals surface area (Å²) in [5.41, 5.74) is 1.92. The lowest BCUT2D eigenvalue weighted by Gasteiger charge is -2.11. The molecular weight excluding hydrogens is 488 g/mol. The summed E-state index contributed by atoms with van der Waals surface area (Å²) in [6.07, 6.45) is 1.83. The molecule has 0 saturated carbocycles. The van der Waals surface area contributed by atoms with Crippen molar-refractivity contribution >= 4 is 16.8 Å². The van der Waals surface area contributed by atoms with Crippen LogP contribution in [0.1, 0.15) is 40.6 Å². The SMILES string of the molecule is COc1ccc(CC(=O)c2ccc(O)cc2O)cc1.Cc1cc(=O)c2c(O)c3c(cc2o1)OCC(C)CC3. The number of phenols is 3. The van der Waals surface area contributed by atoms with Crippen molar-refractivity contribution in [2.75, 3.05) is 13.7 Å². The van der Waals surface area contributed by atoms with Crippen LogP contribution in [0.3, 0.4) is 0 Å². The van der Waals surface area contributed by atoms with Gasteiger partial charge in [-0.25, -0.2) is 0 Å². The molecule has 1 aromatic heterocycles. The molecule has 3 aromatic carbocycles. The summed E-state index contributed by atoms with van der Waals surface area (Å²) >= 11 is 0. The van der Waals surface area contributed by atoms with Gasteiger partial charge in [0.25, 0.3) is 0 Å². The third kappa shape index (κ3) is 5.91. The zero-order chi connectivity index (χ0) is 27.4. The molecule has 0 aliphatic carbocycles. The molecule has 0 fully saturated rings. The van der Waals surface area contributed by atoms with Crippen molar-refractivity contribution in [1.82, 2.24) is 0 Å². The molecule has 0 bridgehead atoms. The maximum Gasteiger partial charge on any atom is 0.196 e. The van der Waals surface area contributed by atoms with Crippen LogP contribution in [-0.2, 0) is 12.8 Å². The summed E-state index contributed by atoms with van der Waals surface area (Å²) in [7, 11) is 1.58. The molecule has 0 amide bonds. The van der Waals surface area contributed by atoms with Gasteiger partial charge in [0, 0.05) is 30.2 Å². The average molecular weight is 519 g/mol. The number of phenolic OH excluding ortho intramolecular Hbond substituents is 3. The molecule has 8 nitrogen and oxygen atoms in total. The van der Waals surface area contributed by atoms with E-state index in [1.165, 1.54) is 18.2 Å². The Kier molecular flexibility index (Phi) is 7.90. The lowest BCUT2D eigenvalue weighted by Crippen LogP contribution is -2.05. The molecular formula is C30H30O8. The first-order chi connectivity index (χ1) is 18.2. The van der Waals surface area contributed by atoms with Crippen LogP contribution in [0.5, 0.6) is 28.7 Å². The second-order valence-corrected chi connectivity index (χ2v) is 9.40. The Bertz CT molecular complexity index is 1520. The highest BCUT2D eigenvalue weighted by Gasteiger charge is 2.21. The normalized spacial score (nSPS) is 14.4. The number of ketones is 1. The topological polar surface area (TPSA) is 126 Å². The maximum atomic E-state index is 12.0. The first-order valence-corrected chi connectivity index (χ1v) is 12.3. The van der Waals surface area contributed by atoms with E-state index in [0.717, 1.165) is 23.8 Å². The minimum absolute atomic E-state index is 0.00958. The fourth-order valence-electron chi connectivity index (χ4n) is 4.30. The summed E-state index contributed by atoms with van der Waals surface area (Å²) in [6.45, 7) is 4.44. The van der Waals surface area contributed by atoms with Crippen molar-refractivity contribution < 1.29 is 34.0 Å². The van der Waals surface area contributed by atoms with Crippen molar-refractivity contribution in [1.29, 1.82) is 0 Å². The Hall–Kier alpha value is -4.46. The van der Waals surface area contributed by atoms with Crippen molar-refractivity contribution in [2.45, 2.75) is 33.1 Å². The molecule has 0 spiro atoms. The number of aryl methyl sites for hydroxylation is 1. The van der Waals surface area contributed by atoms with Crippen LogP contribution in [0.25, 0.3) is 11.0 Å². The van der Waals surface area contributed by atoms with Crippen LogP contribution < -0.4 is 14.9 Å². The van der Waals surface area contributed by atoms with Gasteiger partial charge in [-0.15, -0.1) is 0 Å². The highest BCUT2D eigenvalue weighted by atomic mass is 16.5. The molecule has 1 aliphatic rings. The Morgan fingerprint density at radius 1 is 1.05 bits per heavy atom. The summed E-state index contributed by atoms with van der Waals surface area (Å²) < 4.78 is 16.3. The van der Waals surface area contributed by atoms with Crippen molar-refractivity contribution in [3.63, 3.8) is 0 Å². The predicted molar refractivity (Wildman–Crippen MR) is 143 cm³/mol. The highest BCUT2D eigenvalue weighted by Crippen LogP contribution is 2.38. The van der Waals surface area contributed by atoms with Gasteiger partial charge < -0.3 is 29.2 Å². The van der Waals surface area contributed by atoms with Crippen LogP contribution in [0.2, 0.25) is 0 Å². The zero-order valence-electron chi connectivity index (χ0n) is 21.5. The summed E-state index contributed by atoms with van der Waals surface area (Å²) in [4.78, 5) is 24.0. The third-order valence-electron chi connectivity index (χ3n) is 6.40. The molecule has 0 radical (unpaired) electrons. The summed E-state index contributed by atoms with van der Waals surface area (Å²) in [5.74, 6) is 1.83. The molecule has 5 rings (SSSR count). The van der Waals surface area contributed by atoms with Crippen LogP contribution in [0.4, 0.5) is 0 Å². The van der Waals surface area contributed by atoms with E-state index < -0.39 is 0 Å². The molecule has 38 heavy (non-hydrogen) atoms. The Balaban J connectivity index is 0.000000177. The molecule has 8 heteroatoms. The molecule has 1 aliphatic heterocycles. The lowest BCUT2D eigenvalue weighted by atomic mass is 10.00. The van der Waals surface area contributed by atoms with E-state index in [2.05, 4.69) is 6.92 Å². The number of aromatic hydroxyl groups is 3. The number of Topliss-reactive ketones (excluding diaryl/α,β-unsaturated/α-hetero) is 1. The zero-order valence-corrected chi connectivity index (χ0v) is 21.5. The number of hydrogen-bond donors (Lipinski definition) is 3. The van der Waals surface area contributed by atoms with E-state index in [1.54, 1.807) is 44.4 Å². The number of benzene rings is 3. The van der Waals surface area contributed by atoms with Crippen molar-refractivity contribution in [3.05, 3.63) is 87.3 Å². The van der Waals surface area contributed by atoms with E-state index in [0.29, 0.717) is 41.6 Å². The molecule has 1 atom stereocenters. The number of carbonyl (C=O) groups is 1. The Morgan fingerprint density at radius 2 is 1.79 bits per heavy atom. The van der Waals surface area contributed by atoms with E-state index in [1.807, 2.05) is 0 Å². The van der Waals surface area contributed by atoms with E-state index >= 15 is 0 Å². The Labute approximate surface area is 219 Å². The number of ether oxygens (including phenoxy) is 2. The van der Waals surface area contributed by atoms with E-state index in [4.69, 9.17) is 13.9 Å². The highest BCUT2D eigenvalue weighted by molar-refractivity contribution is 6.00. The van der Waals surface area contributed by atoms with Crippen LogP contribution in [-0.4, -0.2) is 34.8 Å². The second-order valence-electron chi connectivity index (χ2n) is 9.40.